The molecular formula is C17H18N2S2. The molecule has 0 aliphatic heterocycles. The van der Waals surface area contributed by atoms with Crippen LogP contribution in [0.4, 0.5) is 0 Å². The lowest BCUT2D eigenvalue weighted by molar-refractivity contribution is 0.685. The van der Waals surface area contributed by atoms with Crippen LogP contribution >= 0.6 is 23.1 Å². The van der Waals surface area contributed by atoms with Gasteiger partial charge in [-0.25, -0.2) is 4.98 Å². The van der Waals surface area contributed by atoms with E-state index in [1.54, 1.807) is 23.1 Å². The third-order valence-corrected chi connectivity index (χ3v) is 5.18. The van der Waals surface area contributed by atoms with Crippen molar-refractivity contribution in [1.29, 1.82) is 0 Å². The second-order valence-electron chi connectivity index (χ2n) is 4.85. The van der Waals surface area contributed by atoms with Crippen molar-refractivity contribution in [3.63, 3.8) is 0 Å². The normalized spacial score (nSPS) is 11.1. The molecule has 2 nitrogen and oxygen atoms in total. The first-order chi connectivity index (χ1) is 10.3. The summed E-state index contributed by atoms with van der Waals surface area (Å²) in [6, 6.07) is 17.1. The van der Waals surface area contributed by atoms with Gasteiger partial charge in [-0.15, -0.1) is 23.1 Å². The van der Waals surface area contributed by atoms with Gasteiger partial charge in [-0.1, -0.05) is 24.3 Å². The topological polar surface area (TPSA) is 24.9 Å². The Labute approximate surface area is 133 Å². The van der Waals surface area contributed by atoms with E-state index in [4.69, 9.17) is 0 Å². The van der Waals surface area contributed by atoms with E-state index < -0.39 is 0 Å². The molecule has 4 heteroatoms. The molecule has 0 saturated heterocycles. The fourth-order valence-electron chi connectivity index (χ4n) is 2.20. The molecule has 1 aromatic heterocycles. The summed E-state index contributed by atoms with van der Waals surface area (Å²) in [5.41, 5.74) is 2.45. The third-order valence-electron chi connectivity index (χ3n) is 3.34. The molecular weight excluding hydrogens is 296 g/mol. The summed E-state index contributed by atoms with van der Waals surface area (Å²) >= 11 is 3.57. The van der Waals surface area contributed by atoms with E-state index in [1.165, 1.54) is 20.2 Å². The number of nitrogens with one attached hydrogen (secondary N) is 1. The Hall–Kier alpha value is -1.36. The SMILES string of the molecule is CSc1ccc(CNCCc2nc3ccccc3s2)cc1. The summed E-state index contributed by atoms with van der Waals surface area (Å²) in [5.74, 6) is 0. The van der Waals surface area contributed by atoms with Crippen LogP contribution in [0.5, 0.6) is 0 Å². The summed E-state index contributed by atoms with van der Waals surface area (Å²) in [5, 5.41) is 4.70. The van der Waals surface area contributed by atoms with Gasteiger partial charge in [-0.3, -0.25) is 0 Å². The first-order valence-electron chi connectivity index (χ1n) is 7.03. The minimum atomic E-state index is 0.916. The first-order valence-corrected chi connectivity index (χ1v) is 9.07. The van der Waals surface area contributed by atoms with Crippen LogP contribution in [0, 0.1) is 0 Å². The molecule has 3 aromatic rings. The first kappa shape index (κ1) is 14.6. The Morgan fingerprint density at radius 2 is 1.90 bits per heavy atom. The van der Waals surface area contributed by atoms with Crippen LogP contribution in [0.25, 0.3) is 10.2 Å². The van der Waals surface area contributed by atoms with Gasteiger partial charge in [0.05, 0.1) is 15.2 Å². The van der Waals surface area contributed by atoms with Crippen molar-refractivity contribution in [2.24, 2.45) is 0 Å². The number of thioether (sulfide) groups is 1. The Kier molecular flexibility index (Phi) is 4.91. The molecule has 0 radical (unpaired) electrons. The van der Waals surface area contributed by atoms with Crippen LogP contribution in [0.15, 0.2) is 53.4 Å². The quantitative estimate of drug-likeness (QED) is 0.541. The van der Waals surface area contributed by atoms with Crippen molar-refractivity contribution in [2.75, 3.05) is 12.8 Å². The van der Waals surface area contributed by atoms with Gasteiger partial charge in [0, 0.05) is 24.4 Å². The van der Waals surface area contributed by atoms with Crippen molar-refractivity contribution < 1.29 is 0 Å². The molecule has 1 heterocycles. The standard InChI is InChI=1S/C17H18N2S2/c1-20-14-8-6-13(7-9-14)12-18-11-10-17-19-15-4-2-3-5-16(15)21-17/h2-9,18H,10-12H2,1H3. The van der Waals surface area contributed by atoms with Crippen LogP contribution in [-0.4, -0.2) is 17.8 Å². The average molecular weight is 314 g/mol. The Morgan fingerprint density at radius 3 is 2.67 bits per heavy atom. The number of rotatable bonds is 6. The van der Waals surface area contributed by atoms with E-state index in [-0.39, 0.29) is 0 Å². The monoisotopic (exact) mass is 314 g/mol. The molecule has 3 rings (SSSR count). The third kappa shape index (κ3) is 3.84. The summed E-state index contributed by atoms with van der Waals surface area (Å²) < 4.78 is 1.28. The van der Waals surface area contributed by atoms with E-state index in [2.05, 4.69) is 59.0 Å². The summed E-state index contributed by atoms with van der Waals surface area (Å²) in [6.07, 6.45) is 3.09. The second kappa shape index (κ2) is 7.07. The highest BCUT2D eigenvalue weighted by atomic mass is 32.2. The molecule has 0 spiro atoms. The van der Waals surface area contributed by atoms with Crippen LogP contribution in [-0.2, 0) is 13.0 Å². The van der Waals surface area contributed by atoms with Gasteiger partial charge in [0.2, 0.25) is 0 Å². The maximum Gasteiger partial charge on any atom is 0.0951 e. The highest BCUT2D eigenvalue weighted by Crippen LogP contribution is 2.21. The van der Waals surface area contributed by atoms with Crippen LogP contribution in [0.2, 0.25) is 0 Å². The smallest absolute Gasteiger partial charge is 0.0951 e. The zero-order chi connectivity index (χ0) is 14.5. The molecule has 1 N–H and O–H groups in total. The molecule has 108 valence electrons. The molecule has 0 bridgehead atoms. The maximum atomic E-state index is 4.66. The van der Waals surface area contributed by atoms with Gasteiger partial charge in [0.15, 0.2) is 0 Å². The fourth-order valence-corrected chi connectivity index (χ4v) is 3.57. The van der Waals surface area contributed by atoms with E-state index in [0.717, 1.165) is 25.0 Å². The predicted octanol–water partition coefficient (Wildman–Crippen LogP) is 4.35. The number of aromatic nitrogens is 1. The van der Waals surface area contributed by atoms with Gasteiger partial charge in [-0.2, -0.15) is 0 Å². The predicted molar refractivity (Wildman–Crippen MR) is 93.3 cm³/mol. The Bertz CT molecular complexity index is 671. The molecule has 0 fully saturated rings. The van der Waals surface area contributed by atoms with Gasteiger partial charge < -0.3 is 5.32 Å². The number of thiazole rings is 1. The van der Waals surface area contributed by atoms with Gasteiger partial charge in [0.1, 0.15) is 0 Å². The minimum Gasteiger partial charge on any atom is -0.312 e. The molecule has 0 amide bonds. The van der Waals surface area contributed by atoms with E-state index >= 15 is 0 Å². The second-order valence-corrected chi connectivity index (χ2v) is 6.85. The molecule has 2 aromatic carbocycles. The van der Waals surface area contributed by atoms with Crippen molar-refractivity contribution in [3.8, 4) is 0 Å². The largest absolute Gasteiger partial charge is 0.312 e. The number of hydrogen-bond donors (Lipinski definition) is 1. The van der Waals surface area contributed by atoms with Gasteiger partial charge in [-0.05, 0) is 36.1 Å². The fraction of sp³-hybridized carbons (Fsp3) is 0.235. The molecule has 0 aliphatic carbocycles. The van der Waals surface area contributed by atoms with E-state index in [0.29, 0.717) is 0 Å². The Morgan fingerprint density at radius 1 is 1.10 bits per heavy atom. The number of para-hydroxylation sites is 1. The maximum absolute atomic E-state index is 4.66. The zero-order valence-corrected chi connectivity index (χ0v) is 13.6. The molecule has 0 aliphatic rings. The van der Waals surface area contributed by atoms with Crippen LogP contribution in [0.1, 0.15) is 10.6 Å². The number of nitrogens with zero attached hydrogens (tertiary/aromatic N) is 1. The molecule has 0 unspecified atom stereocenters. The van der Waals surface area contributed by atoms with E-state index in [9.17, 15) is 0 Å². The zero-order valence-electron chi connectivity index (χ0n) is 12.0. The van der Waals surface area contributed by atoms with Crippen molar-refractivity contribution in [2.45, 2.75) is 17.9 Å². The number of fused-ring (bicyclic) bond motifs is 1. The lowest BCUT2D eigenvalue weighted by Gasteiger charge is -2.04. The highest BCUT2D eigenvalue weighted by Gasteiger charge is 2.02. The highest BCUT2D eigenvalue weighted by molar-refractivity contribution is 7.98. The van der Waals surface area contributed by atoms with Crippen molar-refractivity contribution in [3.05, 3.63) is 59.1 Å². The number of hydrogen-bond acceptors (Lipinski definition) is 4. The van der Waals surface area contributed by atoms with Crippen LogP contribution < -0.4 is 5.32 Å². The number of benzene rings is 2. The molecule has 0 saturated carbocycles. The Balaban J connectivity index is 1.49. The summed E-state index contributed by atoms with van der Waals surface area (Å²) in [6.45, 7) is 1.88. The van der Waals surface area contributed by atoms with Crippen LogP contribution in [0.3, 0.4) is 0 Å². The average Bonchev–Trinajstić information content (AvgIpc) is 2.95. The summed E-state index contributed by atoms with van der Waals surface area (Å²) in [7, 11) is 0. The lowest BCUT2D eigenvalue weighted by atomic mass is 10.2. The molecule has 21 heavy (non-hydrogen) atoms. The van der Waals surface area contributed by atoms with Gasteiger partial charge in [0.25, 0.3) is 0 Å². The minimum absolute atomic E-state index is 0.916. The molecule has 0 atom stereocenters. The lowest BCUT2D eigenvalue weighted by Crippen LogP contribution is -2.16. The van der Waals surface area contributed by atoms with Crippen molar-refractivity contribution >= 4 is 33.3 Å². The van der Waals surface area contributed by atoms with Gasteiger partial charge >= 0.3 is 0 Å². The van der Waals surface area contributed by atoms with E-state index in [1.807, 2.05) is 6.07 Å². The van der Waals surface area contributed by atoms with Crippen molar-refractivity contribution in [1.82, 2.24) is 10.3 Å². The summed E-state index contributed by atoms with van der Waals surface area (Å²) in [4.78, 5) is 5.97.